The van der Waals surface area contributed by atoms with Gasteiger partial charge in [0.25, 0.3) is 0 Å². The van der Waals surface area contributed by atoms with Crippen LogP contribution in [-0.2, 0) is 27.5 Å². The summed E-state index contributed by atoms with van der Waals surface area (Å²) in [5.41, 5.74) is -0.237. The Morgan fingerprint density at radius 1 is 1.16 bits per heavy atom. The van der Waals surface area contributed by atoms with E-state index in [1.807, 2.05) is 30.3 Å². The van der Waals surface area contributed by atoms with E-state index in [4.69, 9.17) is 10.00 Å². The Balaban J connectivity index is 1.79. The van der Waals surface area contributed by atoms with Crippen molar-refractivity contribution in [1.82, 2.24) is 4.31 Å². The van der Waals surface area contributed by atoms with Crippen molar-refractivity contribution in [3.05, 3.63) is 65.2 Å². The van der Waals surface area contributed by atoms with Crippen molar-refractivity contribution in [1.29, 1.82) is 5.26 Å². The second-order valence-electron chi connectivity index (χ2n) is 7.31. The van der Waals surface area contributed by atoms with Gasteiger partial charge < -0.3 is 9.64 Å². The van der Waals surface area contributed by atoms with Crippen molar-refractivity contribution in [2.24, 2.45) is 0 Å². The predicted octanol–water partition coefficient (Wildman–Crippen LogP) is 3.24. The molecule has 0 amide bonds. The van der Waals surface area contributed by atoms with Crippen molar-refractivity contribution in [2.45, 2.75) is 18.8 Å². The molecular weight excluding hydrogens is 431 g/mol. The lowest BCUT2D eigenvalue weighted by molar-refractivity contribution is -0.137. The number of alkyl halides is 3. The lowest BCUT2D eigenvalue weighted by atomic mass is 10.1. The molecule has 6 nitrogen and oxygen atoms in total. The highest BCUT2D eigenvalue weighted by molar-refractivity contribution is 7.88. The van der Waals surface area contributed by atoms with Crippen LogP contribution in [0.5, 0.6) is 0 Å². The second-order valence-corrected chi connectivity index (χ2v) is 9.25. The Morgan fingerprint density at radius 3 is 2.48 bits per heavy atom. The fourth-order valence-electron chi connectivity index (χ4n) is 3.59. The summed E-state index contributed by atoms with van der Waals surface area (Å²) < 4.78 is 71.5. The molecule has 10 heteroatoms. The molecule has 2 aromatic carbocycles. The zero-order valence-corrected chi connectivity index (χ0v) is 17.7. The maximum absolute atomic E-state index is 13.3. The number of benzene rings is 2. The Labute approximate surface area is 179 Å². The Hall–Kier alpha value is -2.61. The summed E-state index contributed by atoms with van der Waals surface area (Å²) in [7, 11) is -3.51. The summed E-state index contributed by atoms with van der Waals surface area (Å²) in [5, 5.41) is 8.99. The van der Waals surface area contributed by atoms with Gasteiger partial charge in [-0.25, -0.2) is 8.42 Å². The maximum atomic E-state index is 13.3. The first-order valence-corrected chi connectivity index (χ1v) is 11.4. The zero-order chi connectivity index (χ0) is 22.6. The van der Waals surface area contributed by atoms with Gasteiger partial charge in [-0.1, -0.05) is 30.3 Å². The molecule has 1 unspecified atom stereocenters. The number of hydrogen-bond donors (Lipinski definition) is 0. The van der Waals surface area contributed by atoms with Crippen LogP contribution < -0.4 is 4.90 Å². The molecule has 0 spiro atoms. The van der Waals surface area contributed by atoms with Crippen LogP contribution >= 0.6 is 0 Å². The van der Waals surface area contributed by atoms with Crippen LogP contribution in [0.3, 0.4) is 0 Å². The van der Waals surface area contributed by atoms with E-state index >= 15 is 0 Å². The van der Waals surface area contributed by atoms with E-state index in [1.54, 1.807) is 11.0 Å². The third-order valence-electron chi connectivity index (χ3n) is 5.07. The second kappa shape index (κ2) is 9.26. The molecule has 1 aliphatic heterocycles. The number of sulfonamides is 1. The number of hydrogen-bond acceptors (Lipinski definition) is 5. The molecule has 0 bridgehead atoms. The highest BCUT2D eigenvalue weighted by atomic mass is 32.2. The molecule has 0 saturated carbocycles. The summed E-state index contributed by atoms with van der Waals surface area (Å²) in [6, 6.07) is 13.9. The van der Waals surface area contributed by atoms with Gasteiger partial charge in [0.1, 0.15) is 0 Å². The van der Waals surface area contributed by atoms with Gasteiger partial charge in [-0.3, -0.25) is 0 Å². The van der Waals surface area contributed by atoms with Crippen LogP contribution in [0.2, 0.25) is 0 Å². The molecule has 3 rings (SSSR count). The van der Waals surface area contributed by atoms with E-state index in [9.17, 15) is 21.6 Å². The molecule has 0 aromatic heterocycles. The number of anilines is 1. The van der Waals surface area contributed by atoms with Gasteiger partial charge in [-0.2, -0.15) is 22.7 Å². The SMILES string of the molecule is CS(=O)(=O)N1CCN(c2ccc(C#N)c(C(F)(F)F)c2)CC1COCc1ccccc1. The molecule has 1 saturated heterocycles. The van der Waals surface area contributed by atoms with E-state index in [0.29, 0.717) is 6.61 Å². The first kappa shape index (κ1) is 23.1. The highest BCUT2D eigenvalue weighted by Crippen LogP contribution is 2.35. The molecule has 2 aromatic rings. The third-order valence-corrected chi connectivity index (χ3v) is 6.40. The van der Waals surface area contributed by atoms with Crippen molar-refractivity contribution in [2.75, 3.05) is 37.4 Å². The number of halogens is 3. The number of rotatable bonds is 6. The van der Waals surface area contributed by atoms with Crippen LogP contribution in [0.25, 0.3) is 0 Å². The molecule has 1 atom stereocenters. The topological polar surface area (TPSA) is 73.6 Å². The first-order chi connectivity index (χ1) is 14.6. The van der Waals surface area contributed by atoms with Crippen LogP contribution in [0, 0.1) is 11.3 Å². The predicted molar refractivity (Wildman–Crippen MR) is 110 cm³/mol. The van der Waals surface area contributed by atoms with Gasteiger partial charge in [0, 0.05) is 25.3 Å². The van der Waals surface area contributed by atoms with Crippen molar-refractivity contribution in [3.8, 4) is 6.07 Å². The minimum absolute atomic E-state index is 0.0981. The molecule has 1 heterocycles. The summed E-state index contributed by atoms with van der Waals surface area (Å²) in [5.74, 6) is 0. The van der Waals surface area contributed by atoms with Crippen molar-refractivity contribution >= 4 is 15.7 Å². The number of piperazine rings is 1. The Morgan fingerprint density at radius 2 is 1.87 bits per heavy atom. The van der Waals surface area contributed by atoms with E-state index in [-0.39, 0.29) is 31.9 Å². The van der Waals surface area contributed by atoms with Crippen LogP contribution in [0.1, 0.15) is 16.7 Å². The normalized spacial score (nSPS) is 18.0. The summed E-state index contributed by atoms with van der Waals surface area (Å²) in [6.07, 6.45) is -3.55. The van der Waals surface area contributed by atoms with Gasteiger partial charge in [0.05, 0.1) is 42.7 Å². The van der Waals surface area contributed by atoms with Crippen molar-refractivity contribution < 1.29 is 26.3 Å². The average Bonchev–Trinajstić information content (AvgIpc) is 2.72. The lowest BCUT2D eigenvalue weighted by Crippen LogP contribution is -2.56. The first-order valence-electron chi connectivity index (χ1n) is 9.54. The minimum Gasteiger partial charge on any atom is -0.375 e. The number of nitriles is 1. The van der Waals surface area contributed by atoms with E-state index < -0.39 is 33.4 Å². The fraction of sp³-hybridized carbons (Fsp3) is 0.381. The van der Waals surface area contributed by atoms with Gasteiger partial charge in [0.2, 0.25) is 10.0 Å². The Kier molecular flexibility index (Phi) is 6.89. The molecular formula is C21H22F3N3O3S. The number of ether oxygens (including phenoxy) is 1. The quantitative estimate of drug-likeness (QED) is 0.672. The molecule has 0 N–H and O–H groups in total. The molecule has 0 aliphatic carbocycles. The monoisotopic (exact) mass is 453 g/mol. The standard InChI is InChI=1S/C21H22F3N3O3S/c1-31(28,29)27-10-9-26(13-19(27)15-30-14-16-5-3-2-4-6-16)18-8-7-17(12-25)20(11-18)21(22,23)24/h2-8,11,19H,9-10,13-15H2,1H3. The van der Waals surface area contributed by atoms with Crippen LogP contribution in [0.15, 0.2) is 48.5 Å². The smallest absolute Gasteiger partial charge is 0.375 e. The molecule has 1 aliphatic rings. The van der Waals surface area contributed by atoms with E-state index in [0.717, 1.165) is 24.0 Å². The summed E-state index contributed by atoms with van der Waals surface area (Å²) in [4.78, 5) is 1.69. The molecule has 31 heavy (non-hydrogen) atoms. The average molecular weight is 453 g/mol. The third kappa shape index (κ3) is 5.76. The van der Waals surface area contributed by atoms with E-state index in [1.165, 1.54) is 10.4 Å². The highest BCUT2D eigenvalue weighted by Gasteiger charge is 2.36. The van der Waals surface area contributed by atoms with Crippen LogP contribution in [-0.4, -0.2) is 51.3 Å². The largest absolute Gasteiger partial charge is 0.417 e. The Bertz CT molecular complexity index is 1050. The lowest BCUT2D eigenvalue weighted by Gasteiger charge is -2.41. The summed E-state index contributed by atoms with van der Waals surface area (Å²) >= 11 is 0. The molecule has 1 fully saturated rings. The van der Waals surface area contributed by atoms with Gasteiger partial charge in [0.15, 0.2) is 0 Å². The van der Waals surface area contributed by atoms with E-state index in [2.05, 4.69) is 0 Å². The van der Waals surface area contributed by atoms with Crippen LogP contribution in [0.4, 0.5) is 18.9 Å². The molecule has 166 valence electrons. The molecule has 0 radical (unpaired) electrons. The number of nitrogens with zero attached hydrogens (tertiary/aromatic N) is 3. The van der Waals surface area contributed by atoms with Gasteiger partial charge in [-0.15, -0.1) is 0 Å². The summed E-state index contributed by atoms with van der Waals surface area (Å²) in [6.45, 7) is 0.918. The maximum Gasteiger partial charge on any atom is 0.417 e. The zero-order valence-electron chi connectivity index (χ0n) is 16.8. The van der Waals surface area contributed by atoms with Gasteiger partial charge in [-0.05, 0) is 23.8 Å². The fourth-order valence-corrected chi connectivity index (χ4v) is 4.68. The van der Waals surface area contributed by atoms with Gasteiger partial charge >= 0.3 is 6.18 Å². The minimum atomic E-state index is -4.66. The van der Waals surface area contributed by atoms with Crippen molar-refractivity contribution in [3.63, 3.8) is 0 Å².